The van der Waals surface area contributed by atoms with Crippen LogP contribution in [0.2, 0.25) is 0 Å². The topological polar surface area (TPSA) is 89.1 Å². The molecule has 82 valence electrons. The SMILES string of the molecule is Cc1nc(N)nc(C(C)(C)C)c1C(=O)O. The van der Waals surface area contributed by atoms with Crippen molar-refractivity contribution in [1.29, 1.82) is 0 Å². The Morgan fingerprint density at radius 2 is 1.87 bits per heavy atom. The summed E-state index contributed by atoms with van der Waals surface area (Å²) >= 11 is 0. The second kappa shape index (κ2) is 3.49. The molecule has 15 heavy (non-hydrogen) atoms. The van der Waals surface area contributed by atoms with Gasteiger partial charge in [-0.2, -0.15) is 0 Å². The molecule has 1 rings (SSSR count). The Labute approximate surface area is 88.4 Å². The number of carbonyl (C=O) groups is 1. The van der Waals surface area contributed by atoms with Crippen LogP contribution >= 0.6 is 0 Å². The summed E-state index contributed by atoms with van der Waals surface area (Å²) in [6.45, 7) is 7.29. The van der Waals surface area contributed by atoms with Crippen LogP contribution in [0.4, 0.5) is 5.95 Å². The molecule has 0 spiro atoms. The molecule has 1 heterocycles. The maximum atomic E-state index is 11.1. The normalized spacial score (nSPS) is 11.5. The van der Waals surface area contributed by atoms with Crippen molar-refractivity contribution in [3.05, 3.63) is 17.0 Å². The second-order valence-corrected chi connectivity index (χ2v) is 4.45. The van der Waals surface area contributed by atoms with Crippen LogP contribution in [0.1, 0.15) is 42.5 Å². The molecule has 0 aliphatic rings. The fourth-order valence-electron chi connectivity index (χ4n) is 1.39. The quantitative estimate of drug-likeness (QED) is 0.729. The average Bonchev–Trinajstić information content (AvgIpc) is 1.99. The summed E-state index contributed by atoms with van der Waals surface area (Å²) in [5, 5.41) is 9.08. The molecular weight excluding hydrogens is 194 g/mol. The summed E-state index contributed by atoms with van der Waals surface area (Å²) in [6.07, 6.45) is 0. The lowest BCUT2D eigenvalue weighted by atomic mass is 9.88. The van der Waals surface area contributed by atoms with Crippen LogP contribution in [0.5, 0.6) is 0 Å². The minimum atomic E-state index is -1.02. The number of aryl methyl sites for hydroxylation is 1. The molecule has 0 aliphatic heterocycles. The van der Waals surface area contributed by atoms with E-state index in [0.717, 1.165) is 0 Å². The zero-order chi connectivity index (χ0) is 11.8. The van der Waals surface area contributed by atoms with Crippen LogP contribution in [0.3, 0.4) is 0 Å². The minimum absolute atomic E-state index is 0.113. The van der Waals surface area contributed by atoms with E-state index in [1.165, 1.54) is 0 Å². The zero-order valence-corrected chi connectivity index (χ0v) is 9.33. The average molecular weight is 209 g/mol. The van der Waals surface area contributed by atoms with Crippen molar-refractivity contribution >= 4 is 11.9 Å². The number of hydrogen-bond acceptors (Lipinski definition) is 4. The Morgan fingerprint density at radius 1 is 1.33 bits per heavy atom. The van der Waals surface area contributed by atoms with Gasteiger partial charge in [0.25, 0.3) is 0 Å². The van der Waals surface area contributed by atoms with E-state index < -0.39 is 5.97 Å². The van der Waals surface area contributed by atoms with Crippen LogP contribution in [-0.2, 0) is 5.41 Å². The Hall–Kier alpha value is -1.65. The summed E-state index contributed by atoms with van der Waals surface area (Å²) in [6, 6.07) is 0. The van der Waals surface area contributed by atoms with E-state index >= 15 is 0 Å². The Morgan fingerprint density at radius 3 is 2.27 bits per heavy atom. The highest BCUT2D eigenvalue weighted by atomic mass is 16.4. The number of nitrogens with zero attached hydrogens (tertiary/aromatic N) is 2. The number of carboxylic acids is 1. The van der Waals surface area contributed by atoms with Gasteiger partial charge in [0, 0.05) is 5.41 Å². The first-order valence-electron chi connectivity index (χ1n) is 4.61. The van der Waals surface area contributed by atoms with Crippen molar-refractivity contribution in [3.8, 4) is 0 Å². The van der Waals surface area contributed by atoms with Crippen LogP contribution in [0, 0.1) is 6.92 Å². The Kier molecular flexibility index (Phi) is 2.66. The van der Waals surface area contributed by atoms with Gasteiger partial charge in [-0.05, 0) is 6.92 Å². The van der Waals surface area contributed by atoms with Gasteiger partial charge in [-0.25, -0.2) is 14.8 Å². The number of rotatable bonds is 1. The number of aromatic nitrogens is 2. The highest BCUT2D eigenvalue weighted by Crippen LogP contribution is 2.25. The molecule has 1 aromatic heterocycles. The molecule has 0 atom stereocenters. The molecule has 0 saturated heterocycles. The number of nitrogens with two attached hydrogens (primary N) is 1. The van der Waals surface area contributed by atoms with Crippen molar-refractivity contribution in [3.63, 3.8) is 0 Å². The van der Waals surface area contributed by atoms with Crippen LogP contribution in [0.15, 0.2) is 0 Å². The summed E-state index contributed by atoms with van der Waals surface area (Å²) in [4.78, 5) is 18.9. The summed E-state index contributed by atoms with van der Waals surface area (Å²) in [7, 11) is 0. The van der Waals surface area contributed by atoms with E-state index in [0.29, 0.717) is 11.4 Å². The zero-order valence-electron chi connectivity index (χ0n) is 9.33. The lowest BCUT2D eigenvalue weighted by Crippen LogP contribution is -2.22. The molecule has 0 saturated carbocycles. The van der Waals surface area contributed by atoms with Gasteiger partial charge in [-0.15, -0.1) is 0 Å². The van der Waals surface area contributed by atoms with Crippen molar-refractivity contribution < 1.29 is 9.90 Å². The van der Waals surface area contributed by atoms with Gasteiger partial charge in [-0.1, -0.05) is 20.8 Å². The molecule has 0 fully saturated rings. The number of nitrogen functional groups attached to an aromatic ring is 1. The van der Waals surface area contributed by atoms with E-state index in [-0.39, 0.29) is 16.9 Å². The van der Waals surface area contributed by atoms with E-state index in [4.69, 9.17) is 10.8 Å². The van der Waals surface area contributed by atoms with Crippen molar-refractivity contribution in [2.45, 2.75) is 33.1 Å². The number of anilines is 1. The van der Waals surface area contributed by atoms with Gasteiger partial charge < -0.3 is 10.8 Å². The van der Waals surface area contributed by atoms with Crippen molar-refractivity contribution in [1.82, 2.24) is 9.97 Å². The number of hydrogen-bond donors (Lipinski definition) is 2. The lowest BCUT2D eigenvalue weighted by Gasteiger charge is -2.20. The van der Waals surface area contributed by atoms with Gasteiger partial charge in [0.05, 0.1) is 11.4 Å². The summed E-state index contributed by atoms with van der Waals surface area (Å²) in [5.74, 6) is -0.903. The number of carboxylic acid groups (broad SMARTS) is 1. The van der Waals surface area contributed by atoms with Gasteiger partial charge in [0.1, 0.15) is 5.56 Å². The lowest BCUT2D eigenvalue weighted by molar-refractivity contribution is 0.0692. The van der Waals surface area contributed by atoms with Gasteiger partial charge in [-0.3, -0.25) is 0 Å². The first-order chi connectivity index (χ1) is 6.73. The highest BCUT2D eigenvalue weighted by Gasteiger charge is 2.26. The molecule has 0 unspecified atom stereocenters. The smallest absolute Gasteiger partial charge is 0.339 e. The predicted octanol–water partition coefficient (Wildman–Crippen LogP) is 1.36. The van der Waals surface area contributed by atoms with Gasteiger partial charge in [0.15, 0.2) is 0 Å². The number of aromatic carboxylic acids is 1. The van der Waals surface area contributed by atoms with Crippen molar-refractivity contribution in [2.24, 2.45) is 0 Å². The first kappa shape index (κ1) is 11.4. The molecule has 3 N–H and O–H groups in total. The van der Waals surface area contributed by atoms with E-state index in [1.807, 2.05) is 20.8 Å². The standard InChI is InChI=1S/C10H15N3O2/c1-5-6(8(14)15)7(10(2,3)4)13-9(11)12-5/h1-4H3,(H,14,15)(H2,11,12,13). The largest absolute Gasteiger partial charge is 0.478 e. The Bertz CT molecular complexity index is 408. The predicted molar refractivity (Wildman–Crippen MR) is 56.8 cm³/mol. The second-order valence-electron chi connectivity index (χ2n) is 4.45. The van der Waals surface area contributed by atoms with E-state index in [2.05, 4.69) is 9.97 Å². The molecule has 1 aromatic rings. The molecule has 0 amide bonds. The third-order valence-corrected chi connectivity index (χ3v) is 2.03. The van der Waals surface area contributed by atoms with Crippen LogP contribution < -0.4 is 5.73 Å². The Balaban J connectivity index is 3.54. The molecular formula is C10H15N3O2. The third kappa shape index (κ3) is 2.23. The van der Waals surface area contributed by atoms with Gasteiger partial charge in [0.2, 0.25) is 5.95 Å². The summed E-state index contributed by atoms with van der Waals surface area (Å²) in [5.41, 5.74) is 6.17. The van der Waals surface area contributed by atoms with Crippen LogP contribution in [0.25, 0.3) is 0 Å². The maximum Gasteiger partial charge on any atom is 0.339 e. The molecule has 0 bridgehead atoms. The third-order valence-electron chi connectivity index (χ3n) is 2.03. The van der Waals surface area contributed by atoms with E-state index in [9.17, 15) is 4.79 Å². The summed E-state index contributed by atoms with van der Waals surface area (Å²) < 4.78 is 0. The molecule has 5 nitrogen and oxygen atoms in total. The molecule has 0 radical (unpaired) electrons. The van der Waals surface area contributed by atoms with Crippen LogP contribution in [-0.4, -0.2) is 21.0 Å². The fourth-order valence-corrected chi connectivity index (χ4v) is 1.39. The fraction of sp³-hybridized carbons (Fsp3) is 0.500. The monoisotopic (exact) mass is 209 g/mol. The highest BCUT2D eigenvalue weighted by molar-refractivity contribution is 5.90. The first-order valence-corrected chi connectivity index (χ1v) is 4.61. The van der Waals surface area contributed by atoms with Gasteiger partial charge >= 0.3 is 5.97 Å². The molecule has 5 heteroatoms. The molecule has 0 aromatic carbocycles. The minimum Gasteiger partial charge on any atom is -0.478 e. The molecule has 0 aliphatic carbocycles. The van der Waals surface area contributed by atoms with E-state index in [1.54, 1.807) is 6.92 Å². The van der Waals surface area contributed by atoms with Crippen molar-refractivity contribution in [2.75, 3.05) is 5.73 Å². The maximum absolute atomic E-state index is 11.1.